The number of nitrogens with one attached hydrogen (secondary N) is 2. The first kappa shape index (κ1) is 17.1. The topological polar surface area (TPSA) is 73.4 Å². The normalized spacial score (nSPS) is 19.4. The van der Waals surface area contributed by atoms with Gasteiger partial charge in [0.1, 0.15) is 0 Å². The van der Waals surface area contributed by atoms with Crippen LogP contribution in [0.5, 0.6) is 0 Å². The summed E-state index contributed by atoms with van der Waals surface area (Å²) < 4.78 is 0. The van der Waals surface area contributed by atoms with Crippen molar-refractivity contribution in [1.82, 2.24) is 25.8 Å². The van der Waals surface area contributed by atoms with E-state index in [1.54, 1.807) is 41.6 Å². The minimum atomic E-state index is -0.154. The van der Waals surface area contributed by atoms with Crippen LogP contribution in [-0.2, 0) is 0 Å². The smallest absolute Gasteiger partial charge is 0.255 e. The number of halogens is 2. The van der Waals surface area contributed by atoms with Crippen molar-refractivity contribution in [2.45, 2.75) is 19.4 Å². The average molecular weight is 391 g/mol. The molecule has 1 unspecified atom stereocenters. The lowest BCUT2D eigenvalue weighted by atomic mass is 10.0. The fraction of sp³-hybridized carbons (Fsp3) is 0.235. The Morgan fingerprint density at radius 3 is 2.77 bits per heavy atom. The fourth-order valence-corrected chi connectivity index (χ4v) is 3.71. The highest BCUT2D eigenvalue weighted by molar-refractivity contribution is 6.36. The van der Waals surface area contributed by atoms with Crippen LogP contribution in [0, 0.1) is 0 Å². The Kier molecular flexibility index (Phi) is 4.44. The summed E-state index contributed by atoms with van der Waals surface area (Å²) in [6, 6.07) is 6.53. The third-order valence-corrected chi connectivity index (χ3v) is 5.08. The molecule has 2 N–H and O–H groups in total. The standard InChI is InChI=1S/C17H16Cl2N6O/c1-10-15-14(25(23-22-15)17-20-6-2-7-21-17)5-8-24(10)16(26)12-4-3-11(18)9-13(12)19/h2-4,6-7,9-10,22-23H,5,8H2,1H3. The van der Waals surface area contributed by atoms with Crippen LogP contribution in [0.15, 0.2) is 48.1 Å². The molecule has 2 aliphatic heterocycles. The van der Waals surface area contributed by atoms with Crippen molar-refractivity contribution in [3.8, 4) is 0 Å². The average Bonchev–Trinajstić information content (AvgIpc) is 3.07. The maximum absolute atomic E-state index is 13.0. The minimum Gasteiger partial charge on any atom is -0.330 e. The van der Waals surface area contributed by atoms with Gasteiger partial charge in [-0.2, -0.15) is 0 Å². The molecule has 134 valence electrons. The van der Waals surface area contributed by atoms with Gasteiger partial charge in [-0.15, -0.1) is 5.53 Å². The number of hydrogen-bond acceptors (Lipinski definition) is 6. The number of hydrazine groups is 2. The van der Waals surface area contributed by atoms with E-state index in [0.717, 1.165) is 11.4 Å². The molecule has 0 aliphatic carbocycles. The van der Waals surface area contributed by atoms with Gasteiger partial charge >= 0.3 is 0 Å². The predicted molar refractivity (Wildman–Crippen MR) is 99.4 cm³/mol. The summed E-state index contributed by atoms with van der Waals surface area (Å²) in [4.78, 5) is 23.3. The SMILES string of the molecule is CC1C2=C(CCN1C(=O)c1ccc(Cl)cc1Cl)N(c1ncccn1)NN2. The molecule has 0 saturated carbocycles. The number of anilines is 1. The molecule has 0 radical (unpaired) electrons. The second kappa shape index (κ2) is 6.75. The van der Waals surface area contributed by atoms with Crippen molar-refractivity contribution < 1.29 is 4.79 Å². The van der Waals surface area contributed by atoms with E-state index in [4.69, 9.17) is 23.2 Å². The number of carbonyl (C=O) groups excluding carboxylic acids is 1. The number of aromatic nitrogens is 2. The number of hydrogen-bond donors (Lipinski definition) is 2. The molecule has 0 spiro atoms. The zero-order valence-electron chi connectivity index (χ0n) is 13.9. The van der Waals surface area contributed by atoms with E-state index in [-0.39, 0.29) is 11.9 Å². The van der Waals surface area contributed by atoms with E-state index in [1.807, 2.05) is 11.9 Å². The molecule has 7 nitrogen and oxygen atoms in total. The third-order valence-electron chi connectivity index (χ3n) is 4.53. The molecule has 1 atom stereocenters. The van der Waals surface area contributed by atoms with Crippen molar-refractivity contribution in [2.24, 2.45) is 0 Å². The van der Waals surface area contributed by atoms with Crippen molar-refractivity contribution in [2.75, 3.05) is 11.6 Å². The first-order valence-electron chi connectivity index (χ1n) is 8.14. The van der Waals surface area contributed by atoms with Gasteiger partial charge in [-0.1, -0.05) is 23.2 Å². The van der Waals surface area contributed by atoms with E-state index in [1.165, 1.54) is 0 Å². The van der Waals surface area contributed by atoms with E-state index >= 15 is 0 Å². The number of amides is 1. The van der Waals surface area contributed by atoms with Crippen LogP contribution in [0.1, 0.15) is 23.7 Å². The van der Waals surface area contributed by atoms with Gasteiger partial charge in [-0.3, -0.25) is 4.79 Å². The van der Waals surface area contributed by atoms with Crippen molar-refractivity contribution >= 4 is 35.1 Å². The van der Waals surface area contributed by atoms with Gasteiger partial charge < -0.3 is 10.3 Å². The van der Waals surface area contributed by atoms with E-state index in [0.29, 0.717) is 34.5 Å². The molecular weight excluding hydrogens is 375 g/mol. The fourth-order valence-electron chi connectivity index (χ4n) is 3.22. The van der Waals surface area contributed by atoms with E-state index in [2.05, 4.69) is 20.9 Å². The molecule has 0 fully saturated rings. The Morgan fingerprint density at radius 2 is 2.04 bits per heavy atom. The van der Waals surface area contributed by atoms with E-state index in [9.17, 15) is 4.79 Å². The molecule has 2 aromatic rings. The highest BCUT2D eigenvalue weighted by atomic mass is 35.5. The summed E-state index contributed by atoms with van der Waals surface area (Å²) in [5.41, 5.74) is 8.60. The molecule has 0 saturated heterocycles. The molecule has 1 aromatic carbocycles. The monoisotopic (exact) mass is 390 g/mol. The quantitative estimate of drug-likeness (QED) is 0.820. The van der Waals surface area contributed by atoms with Gasteiger partial charge in [0.05, 0.1) is 28.0 Å². The zero-order valence-corrected chi connectivity index (χ0v) is 15.4. The van der Waals surface area contributed by atoms with Crippen molar-refractivity contribution in [3.05, 3.63) is 63.7 Å². The van der Waals surface area contributed by atoms with Crippen LogP contribution in [0.3, 0.4) is 0 Å². The summed E-state index contributed by atoms with van der Waals surface area (Å²) in [6.45, 7) is 2.53. The van der Waals surface area contributed by atoms with Crippen LogP contribution < -0.4 is 16.0 Å². The molecule has 2 aliphatic rings. The maximum Gasteiger partial charge on any atom is 0.255 e. The Bertz CT molecular complexity index is 888. The summed E-state index contributed by atoms with van der Waals surface area (Å²) >= 11 is 12.1. The second-order valence-corrected chi connectivity index (χ2v) is 6.87. The van der Waals surface area contributed by atoms with Gasteiger partial charge in [0.2, 0.25) is 5.95 Å². The van der Waals surface area contributed by atoms with Crippen molar-refractivity contribution in [1.29, 1.82) is 0 Å². The number of benzene rings is 1. The zero-order chi connectivity index (χ0) is 18.3. The van der Waals surface area contributed by atoms with Crippen LogP contribution in [0.4, 0.5) is 5.95 Å². The number of rotatable bonds is 2. The number of nitrogens with zero attached hydrogens (tertiary/aromatic N) is 4. The van der Waals surface area contributed by atoms with Gasteiger partial charge in [0.15, 0.2) is 0 Å². The summed E-state index contributed by atoms with van der Waals surface area (Å²) in [6.07, 6.45) is 4.04. The number of carbonyl (C=O) groups is 1. The summed E-state index contributed by atoms with van der Waals surface area (Å²) in [5.74, 6) is 0.430. The van der Waals surface area contributed by atoms with Crippen LogP contribution in [-0.4, -0.2) is 33.4 Å². The second-order valence-electron chi connectivity index (χ2n) is 6.03. The molecule has 26 heavy (non-hydrogen) atoms. The van der Waals surface area contributed by atoms with Gasteiger partial charge in [0, 0.05) is 30.4 Å². The molecule has 9 heteroatoms. The Morgan fingerprint density at radius 1 is 1.27 bits per heavy atom. The molecule has 4 rings (SSSR count). The molecule has 1 aromatic heterocycles. The van der Waals surface area contributed by atoms with Crippen LogP contribution in [0.25, 0.3) is 0 Å². The summed E-state index contributed by atoms with van der Waals surface area (Å²) in [5, 5.41) is 2.66. The first-order valence-corrected chi connectivity index (χ1v) is 8.89. The maximum atomic E-state index is 13.0. The van der Waals surface area contributed by atoms with E-state index < -0.39 is 0 Å². The molecule has 3 heterocycles. The van der Waals surface area contributed by atoms with Crippen LogP contribution in [0.2, 0.25) is 10.0 Å². The third kappa shape index (κ3) is 2.88. The van der Waals surface area contributed by atoms with Gasteiger partial charge in [-0.25, -0.2) is 15.0 Å². The largest absolute Gasteiger partial charge is 0.330 e. The Hall–Kier alpha value is -2.35. The lowest BCUT2D eigenvalue weighted by Crippen LogP contribution is -2.45. The lowest BCUT2D eigenvalue weighted by molar-refractivity contribution is 0.0703. The molecular formula is C17H16Cl2N6O. The van der Waals surface area contributed by atoms with Gasteiger partial charge in [-0.05, 0) is 31.2 Å². The molecule has 1 amide bonds. The Balaban J connectivity index is 1.61. The molecule has 0 bridgehead atoms. The lowest BCUT2D eigenvalue weighted by Gasteiger charge is -2.34. The highest BCUT2D eigenvalue weighted by Crippen LogP contribution is 2.31. The Labute approximate surface area is 160 Å². The first-order chi connectivity index (χ1) is 12.6. The van der Waals surface area contributed by atoms with Crippen molar-refractivity contribution in [3.63, 3.8) is 0 Å². The highest BCUT2D eigenvalue weighted by Gasteiger charge is 2.37. The van der Waals surface area contributed by atoms with Crippen LogP contribution >= 0.6 is 23.2 Å². The summed E-state index contributed by atoms with van der Waals surface area (Å²) in [7, 11) is 0. The van der Waals surface area contributed by atoms with Gasteiger partial charge in [0.25, 0.3) is 5.91 Å². The predicted octanol–water partition coefficient (Wildman–Crippen LogP) is 2.76. The minimum absolute atomic E-state index is 0.123.